The summed E-state index contributed by atoms with van der Waals surface area (Å²) < 4.78 is 21.2. The maximum absolute atomic E-state index is 10.5. The van der Waals surface area contributed by atoms with Crippen LogP contribution in [0.25, 0.3) is 0 Å². The van der Waals surface area contributed by atoms with Crippen LogP contribution in [0.3, 0.4) is 0 Å². The largest absolute Gasteiger partial charge is 0.377 e. The minimum atomic E-state index is -0.0431. The van der Waals surface area contributed by atoms with Crippen molar-refractivity contribution in [3.8, 4) is 0 Å². The van der Waals surface area contributed by atoms with E-state index in [4.69, 9.17) is 18.9 Å². The highest BCUT2D eigenvalue weighted by molar-refractivity contribution is 5.72. The van der Waals surface area contributed by atoms with Gasteiger partial charge in [0.2, 0.25) is 5.91 Å². The first-order chi connectivity index (χ1) is 9.13. The van der Waals surface area contributed by atoms with Crippen LogP contribution in [0.5, 0.6) is 0 Å². The lowest BCUT2D eigenvalue weighted by Crippen LogP contribution is -2.25. The molecule has 0 fully saturated rings. The smallest absolute Gasteiger partial charge is 0.216 e. The zero-order valence-electron chi connectivity index (χ0n) is 12.3. The minimum Gasteiger partial charge on any atom is -0.377 e. The van der Waals surface area contributed by atoms with Crippen LogP contribution < -0.4 is 5.32 Å². The number of amides is 1. The van der Waals surface area contributed by atoms with Crippen LogP contribution in [0, 0.1) is 0 Å². The van der Waals surface area contributed by atoms with E-state index in [0.29, 0.717) is 52.8 Å². The first-order valence-electron chi connectivity index (χ1n) is 6.72. The van der Waals surface area contributed by atoms with Crippen LogP contribution in [-0.4, -0.2) is 64.8 Å². The quantitative estimate of drug-likeness (QED) is 0.499. The van der Waals surface area contributed by atoms with Crippen molar-refractivity contribution in [1.29, 1.82) is 0 Å². The van der Waals surface area contributed by atoms with Crippen LogP contribution >= 0.6 is 0 Å². The summed E-state index contributed by atoms with van der Waals surface area (Å²) in [7, 11) is 0. The molecule has 6 heteroatoms. The fraction of sp³-hybridized carbons (Fsp3) is 0.923. The monoisotopic (exact) mass is 277 g/mol. The van der Waals surface area contributed by atoms with E-state index >= 15 is 0 Å². The van der Waals surface area contributed by atoms with Crippen molar-refractivity contribution >= 4 is 5.91 Å². The Morgan fingerprint density at radius 1 is 0.895 bits per heavy atom. The molecule has 0 heterocycles. The lowest BCUT2D eigenvalue weighted by molar-refractivity contribution is -0.119. The number of hydrogen-bond acceptors (Lipinski definition) is 5. The molecule has 0 saturated heterocycles. The van der Waals surface area contributed by atoms with Crippen LogP contribution in [0.1, 0.15) is 20.8 Å². The summed E-state index contributed by atoms with van der Waals surface area (Å²) in [5, 5.41) is 2.65. The van der Waals surface area contributed by atoms with Gasteiger partial charge in [-0.1, -0.05) is 0 Å². The molecule has 6 nitrogen and oxygen atoms in total. The molecule has 1 N–H and O–H groups in total. The summed E-state index contributed by atoms with van der Waals surface area (Å²) in [6.45, 7) is 9.89. The van der Waals surface area contributed by atoms with Crippen LogP contribution in [0.2, 0.25) is 0 Å². The van der Waals surface area contributed by atoms with Gasteiger partial charge in [0.15, 0.2) is 0 Å². The maximum Gasteiger partial charge on any atom is 0.216 e. The normalized spacial score (nSPS) is 10.9. The average Bonchev–Trinajstić information content (AvgIpc) is 2.34. The molecule has 0 aliphatic rings. The zero-order chi connectivity index (χ0) is 14.3. The highest BCUT2D eigenvalue weighted by Crippen LogP contribution is 1.87. The topological polar surface area (TPSA) is 66.0 Å². The summed E-state index contributed by atoms with van der Waals surface area (Å²) in [5.74, 6) is -0.0431. The molecule has 114 valence electrons. The van der Waals surface area contributed by atoms with Gasteiger partial charge in [-0.2, -0.15) is 0 Å². The predicted octanol–water partition coefficient (Wildman–Crippen LogP) is 0.597. The van der Waals surface area contributed by atoms with Crippen molar-refractivity contribution in [3.63, 3.8) is 0 Å². The summed E-state index contributed by atoms with van der Waals surface area (Å²) in [6.07, 6.45) is 0.245. The molecule has 0 radical (unpaired) electrons. The Labute approximate surface area is 115 Å². The van der Waals surface area contributed by atoms with Gasteiger partial charge in [-0.3, -0.25) is 4.79 Å². The Bertz CT molecular complexity index is 211. The molecule has 1 amide bonds. The van der Waals surface area contributed by atoms with Crippen LogP contribution in [0.4, 0.5) is 0 Å². The first-order valence-corrected chi connectivity index (χ1v) is 6.72. The summed E-state index contributed by atoms with van der Waals surface area (Å²) in [4.78, 5) is 10.5. The third kappa shape index (κ3) is 17.3. The first kappa shape index (κ1) is 18.3. The van der Waals surface area contributed by atoms with E-state index in [0.717, 1.165) is 0 Å². The molecule has 0 rings (SSSR count). The second-order valence-corrected chi connectivity index (χ2v) is 4.24. The van der Waals surface area contributed by atoms with Crippen LogP contribution in [-0.2, 0) is 23.7 Å². The number of rotatable bonds is 13. The van der Waals surface area contributed by atoms with Gasteiger partial charge in [-0.15, -0.1) is 0 Å². The van der Waals surface area contributed by atoms with Gasteiger partial charge in [0, 0.05) is 13.5 Å². The number of hydrogen-bond donors (Lipinski definition) is 1. The third-order valence-electron chi connectivity index (χ3n) is 2.04. The lowest BCUT2D eigenvalue weighted by Gasteiger charge is -2.08. The Kier molecular flexibility index (Phi) is 13.2. The third-order valence-corrected chi connectivity index (χ3v) is 2.04. The molecule has 0 aromatic heterocycles. The molecule has 0 aromatic rings. The van der Waals surface area contributed by atoms with Gasteiger partial charge in [0.05, 0.1) is 52.4 Å². The molecule has 0 aliphatic heterocycles. The maximum atomic E-state index is 10.5. The van der Waals surface area contributed by atoms with Gasteiger partial charge < -0.3 is 24.3 Å². The minimum absolute atomic E-state index is 0.0431. The molecule has 19 heavy (non-hydrogen) atoms. The summed E-state index contributed by atoms with van der Waals surface area (Å²) in [5.41, 5.74) is 0. The van der Waals surface area contributed by atoms with Crippen molar-refractivity contribution in [2.24, 2.45) is 0 Å². The Balaban J connectivity index is 2.97. The Hall–Kier alpha value is -0.690. The summed E-state index contributed by atoms with van der Waals surface area (Å²) >= 11 is 0. The Morgan fingerprint density at radius 2 is 1.37 bits per heavy atom. The molecule has 0 bridgehead atoms. The molecule has 0 saturated carbocycles. The lowest BCUT2D eigenvalue weighted by atomic mass is 10.5. The fourth-order valence-electron chi connectivity index (χ4n) is 1.18. The molecule has 0 unspecified atom stereocenters. The zero-order valence-corrected chi connectivity index (χ0v) is 12.3. The van der Waals surface area contributed by atoms with E-state index in [1.807, 2.05) is 13.8 Å². The SMILES string of the molecule is CC(=O)NCCOCCOCCOCCOC(C)C. The van der Waals surface area contributed by atoms with Gasteiger partial charge in [0.25, 0.3) is 0 Å². The Morgan fingerprint density at radius 3 is 1.84 bits per heavy atom. The molecular formula is C13H27NO5. The van der Waals surface area contributed by atoms with Crippen molar-refractivity contribution in [1.82, 2.24) is 5.32 Å². The van der Waals surface area contributed by atoms with Gasteiger partial charge >= 0.3 is 0 Å². The predicted molar refractivity (Wildman–Crippen MR) is 72.2 cm³/mol. The van der Waals surface area contributed by atoms with Gasteiger partial charge in [-0.05, 0) is 13.8 Å². The second kappa shape index (κ2) is 13.7. The van der Waals surface area contributed by atoms with Crippen molar-refractivity contribution in [3.05, 3.63) is 0 Å². The van der Waals surface area contributed by atoms with Crippen molar-refractivity contribution in [2.75, 3.05) is 52.8 Å². The second-order valence-electron chi connectivity index (χ2n) is 4.24. The number of nitrogens with one attached hydrogen (secondary N) is 1. The van der Waals surface area contributed by atoms with E-state index in [9.17, 15) is 4.79 Å². The van der Waals surface area contributed by atoms with E-state index in [1.54, 1.807) is 0 Å². The number of ether oxygens (including phenoxy) is 4. The van der Waals surface area contributed by atoms with Gasteiger partial charge in [-0.25, -0.2) is 0 Å². The highest BCUT2D eigenvalue weighted by Gasteiger charge is 1.94. The molecule has 0 aromatic carbocycles. The van der Waals surface area contributed by atoms with E-state index < -0.39 is 0 Å². The number of carbonyl (C=O) groups is 1. The van der Waals surface area contributed by atoms with Gasteiger partial charge in [0.1, 0.15) is 0 Å². The fourth-order valence-corrected chi connectivity index (χ4v) is 1.18. The molecule has 0 aliphatic carbocycles. The summed E-state index contributed by atoms with van der Waals surface area (Å²) in [6, 6.07) is 0. The highest BCUT2D eigenvalue weighted by atomic mass is 16.6. The van der Waals surface area contributed by atoms with E-state index in [2.05, 4.69) is 5.32 Å². The van der Waals surface area contributed by atoms with Crippen LogP contribution in [0.15, 0.2) is 0 Å². The van der Waals surface area contributed by atoms with Crippen molar-refractivity contribution in [2.45, 2.75) is 26.9 Å². The number of carbonyl (C=O) groups excluding carboxylic acids is 1. The standard InChI is InChI=1S/C13H27NO5/c1-12(2)19-11-10-18-9-8-17-7-6-16-5-4-14-13(3)15/h12H,4-11H2,1-3H3,(H,14,15). The van der Waals surface area contributed by atoms with E-state index in [1.165, 1.54) is 6.92 Å². The van der Waals surface area contributed by atoms with E-state index in [-0.39, 0.29) is 12.0 Å². The van der Waals surface area contributed by atoms with Crippen molar-refractivity contribution < 1.29 is 23.7 Å². The molecule has 0 spiro atoms. The molecule has 0 atom stereocenters. The molecular weight excluding hydrogens is 250 g/mol. The average molecular weight is 277 g/mol.